The summed E-state index contributed by atoms with van der Waals surface area (Å²) in [6.07, 6.45) is 3.77. The van der Waals surface area contributed by atoms with Crippen LogP contribution < -0.4 is 0 Å². The molecule has 0 amide bonds. The maximum atomic E-state index is 12.6. The van der Waals surface area contributed by atoms with Gasteiger partial charge in [-0.1, -0.05) is 57.2 Å². The van der Waals surface area contributed by atoms with Crippen LogP contribution in [0, 0.1) is 28.1 Å². The molecule has 1 aromatic carbocycles. The average Bonchev–Trinajstić information content (AvgIpc) is 2.51. The summed E-state index contributed by atoms with van der Waals surface area (Å²) in [7, 11) is 0. The Morgan fingerprint density at radius 3 is 2.48 bits per heavy atom. The van der Waals surface area contributed by atoms with Crippen molar-refractivity contribution >= 4 is 5.78 Å². The summed E-state index contributed by atoms with van der Waals surface area (Å²) < 4.78 is 0. The minimum Gasteiger partial charge on any atom is -0.385 e. The number of ketones is 1. The van der Waals surface area contributed by atoms with Crippen LogP contribution >= 0.6 is 0 Å². The molecule has 3 nitrogen and oxygen atoms in total. The van der Waals surface area contributed by atoms with Gasteiger partial charge in [0.1, 0.15) is 6.07 Å². The molecule has 3 heteroatoms. The van der Waals surface area contributed by atoms with E-state index in [4.69, 9.17) is 0 Å². The van der Waals surface area contributed by atoms with Crippen molar-refractivity contribution in [1.29, 1.82) is 5.26 Å². The van der Waals surface area contributed by atoms with Crippen molar-refractivity contribution in [1.82, 2.24) is 0 Å². The zero-order chi connectivity index (χ0) is 16.9. The van der Waals surface area contributed by atoms with Gasteiger partial charge < -0.3 is 5.11 Å². The number of nitriles is 1. The number of allylic oxidation sites excluding steroid dienone is 2. The fourth-order valence-corrected chi connectivity index (χ4v) is 4.87. The molecule has 0 aliphatic heterocycles. The Balaban J connectivity index is 2.06. The third-order valence-corrected chi connectivity index (χ3v) is 5.92. The van der Waals surface area contributed by atoms with Gasteiger partial charge in [-0.3, -0.25) is 4.79 Å². The Hall–Kier alpha value is -1.92. The third-order valence-electron chi connectivity index (χ3n) is 5.92. The molecule has 3 atom stereocenters. The maximum absolute atomic E-state index is 12.6. The average molecular weight is 309 g/mol. The topological polar surface area (TPSA) is 61.1 Å². The summed E-state index contributed by atoms with van der Waals surface area (Å²) in [5.41, 5.74) is -0.662. The second kappa shape index (κ2) is 5.04. The second-order valence-electron chi connectivity index (χ2n) is 7.89. The lowest BCUT2D eigenvalue weighted by molar-refractivity contribution is -0.138. The number of carbonyl (C=O) groups is 1. The predicted octanol–water partition coefficient (Wildman–Crippen LogP) is 3.74. The van der Waals surface area contributed by atoms with Crippen molar-refractivity contribution in [3.63, 3.8) is 0 Å². The van der Waals surface area contributed by atoms with Crippen LogP contribution in [0.4, 0.5) is 0 Å². The first-order valence-electron chi connectivity index (χ1n) is 8.19. The Morgan fingerprint density at radius 1 is 1.22 bits per heavy atom. The minimum absolute atomic E-state index is 0.0624. The van der Waals surface area contributed by atoms with E-state index in [-0.39, 0.29) is 22.7 Å². The monoisotopic (exact) mass is 309 g/mol. The van der Waals surface area contributed by atoms with Gasteiger partial charge in [0.05, 0.1) is 11.2 Å². The Bertz CT molecular complexity index is 713. The fourth-order valence-electron chi connectivity index (χ4n) is 4.87. The van der Waals surface area contributed by atoms with Gasteiger partial charge in [0, 0.05) is 5.41 Å². The Kier molecular flexibility index (Phi) is 3.50. The van der Waals surface area contributed by atoms with E-state index in [0.29, 0.717) is 12.8 Å². The molecule has 120 valence electrons. The lowest BCUT2D eigenvalue weighted by atomic mass is 9.50. The van der Waals surface area contributed by atoms with Crippen LogP contribution in [0.1, 0.15) is 45.6 Å². The van der Waals surface area contributed by atoms with E-state index in [0.717, 1.165) is 12.0 Å². The molecule has 0 bridgehead atoms. The van der Waals surface area contributed by atoms with Crippen molar-refractivity contribution in [3.8, 4) is 6.07 Å². The lowest BCUT2D eigenvalue weighted by Crippen LogP contribution is -2.52. The fraction of sp³-hybridized carbons (Fsp3) is 0.500. The van der Waals surface area contributed by atoms with Gasteiger partial charge in [0.25, 0.3) is 0 Å². The van der Waals surface area contributed by atoms with E-state index in [1.807, 2.05) is 50.3 Å². The molecule has 1 saturated carbocycles. The first-order chi connectivity index (χ1) is 10.7. The van der Waals surface area contributed by atoms with Gasteiger partial charge in [-0.05, 0) is 36.2 Å². The number of aliphatic hydroxyl groups is 1. The normalized spacial score (nSPS) is 35.9. The molecule has 0 saturated heterocycles. The maximum Gasteiger partial charge on any atom is 0.178 e. The van der Waals surface area contributed by atoms with Crippen LogP contribution in [0.25, 0.3) is 0 Å². The SMILES string of the molecule is CC1(C)C(=O)C(C#N)=C[C@@]2(C)C[C@](O)(c3ccccc3)CC[C@H]12. The summed E-state index contributed by atoms with van der Waals surface area (Å²) in [6, 6.07) is 11.8. The molecule has 2 aliphatic carbocycles. The van der Waals surface area contributed by atoms with E-state index in [9.17, 15) is 15.2 Å². The first kappa shape index (κ1) is 16.0. The Labute approximate surface area is 137 Å². The summed E-state index contributed by atoms with van der Waals surface area (Å²) in [4.78, 5) is 12.6. The van der Waals surface area contributed by atoms with Gasteiger partial charge in [0.15, 0.2) is 5.78 Å². The van der Waals surface area contributed by atoms with Crippen LogP contribution in [0.3, 0.4) is 0 Å². The van der Waals surface area contributed by atoms with Gasteiger partial charge in [-0.25, -0.2) is 0 Å². The largest absolute Gasteiger partial charge is 0.385 e. The molecule has 0 heterocycles. The quantitative estimate of drug-likeness (QED) is 0.859. The summed E-state index contributed by atoms with van der Waals surface area (Å²) >= 11 is 0. The summed E-state index contributed by atoms with van der Waals surface area (Å²) in [6.45, 7) is 5.96. The third kappa shape index (κ3) is 2.33. The number of nitrogens with zero attached hydrogens (tertiary/aromatic N) is 1. The molecule has 23 heavy (non-hydrogen) atoms. The Morgan fingerprint density at radius 2 is 1.87 bits per heavy atom. The lowest BCUT2D eigenvalue weighted by Gasteiger charge is -2.54. The van der Waals surface area contributed by atoms with E-state index >= 15 is 0 Å². The van der Waals surface area contributed by atoms with E-state index in [1.54, 1.807) is 0 Å². The number of rotatable bonds is 1. The van der Waals surface area contributed by atoms with Crippen molar-refractivity contribution in [3.05, 3.63) is 47.5 Å². The number of hydrogen-bond donors (Lipinski definition) is 1. The summed E-state index contributed by atoms with van der Waals surface area (Å²) in [5.74, 6) is 0.0798. The van der Waals surface area contributed by atoms with Gasteiger partial charge in [-0.2, -0.15) is 5.26 Å². The molecule has 0 radical (unpaired) electrons. The van der Waals surface area contributed by atoms with Crippen LogP contribution in [0.15, 0.2) is 42.0 Å². The van der Waals surface area contributed by atoms with Crippen molar-refractivity contribution < 1.29 is 9.90 Å². The van der Waals surface area contributed by atoms with Gasteiger partial charge >= 0.3 is 0 Å². The molecule has 0 aromatic heterocycles. The smallest absolute Gasteiger partial charge is 0.178 e. The van der Waals surface area contributed by atoms with Crippen molar-refractivity contribution in [2.24, 2.45) is 16.7 Å². The highest BCUT2D eigenvalue weighted by Crippen LogP contribution is 2.59. The number of benzene rings is 1. The number of hydrogen-bond acceptors (Lipinski definition) is 3. The molecular weight excluding hydrogens is 286 g/mol. The van der Waals surface area contributed by atoms with Crippen LogP contribution in [0.2, 0.25) is 0 Å². The zero-order valence-corrected chi connectivity index (χ0v) is 14.0. The zero-order valence-electron chi connectivity index (χ0n) is 14.0. The van der Waals surface area contributed by atoms with Gasteiger partial charge in [-0.15, -0.1) is 0 Å². The molecule has 3 rings (SSSR count). The van der Waals surface area contributed by atoms with Crippen LogP contribution in [0.5, 0.6) is 0 Å². The van der Waals surface area contributed by atoms with Crippen molar-refractivity contribution in [2.45, 2.75) is 45.6 Å². The molecule has 1 N–H and O–H groups in total. The second-order valence-corrected chi connectivity index (χ2v) is 7.89. The van der Waals surface area contributed by atoms with Crippen LogP contribution in [-0.4, -0.2) is 10.9 Å². The predicted molar refractivity (Wildman–Crippen MR) is 88.3 cm³/mol. The van der Waals surface area contributed by atoms with Gasteiger partial charge in [0.2, 0.25) is 0 Å². The molecule has 1 fully saturated rings. The van der Waals surface area contributed by atoms with E-state index in [2.05, 4.69) is 13.0 Å². The number of fused-ring (bicyclic) bond motifs is 1. The van der Waals surface area contributed by atoms with Crippen LogP contribution in [-0.2, 0) is 10.4 Å². The highest BCUT2D eigenvalue weighted by Gasteiger charge is 2.56. The highest BCUT2D eigenvalue weighted by atomic mass is 16.3. The number of carbonyl (C=O) groups excluding carboxylic acids is 1. The number of Topliss-reactive ketones (excluding diaryl/α,β-unsaturated/α-hetero) is 1. The van der Waals surface area contributed by atoms with Crippen molar-refractivity contribution in [2.75, 3.05) is 0 Å². The minimum atomic E-state index is -0.903. The first-order valence-corrected chi connectivity index (χ1v) is 8.19. The van der Waals surface area contributed by atoms with E-state index in [1.165, 1.54) is 0 Å². The molecular formula is C20H23NO2. The molecule has 1 aromatic rings. The summed E-state index contributed by atoms with van der Waals surface area (Å²) in [5, 5.41) is 20.6. The molecule has 2 aliphatic rings. The standard InChI is InChI=1S/C20H23NO2/c1-18(2)16-9-10-20(23,15-7-5-4-6-8-15)13-19(16,3)11-14(12-21)17(18)22/h4-8,11,16,23H,9-10,13H2,1-3H3/t16-,19+,20+/m1/s1. The highest BCUT2D eigenvalue weighted by molar-refractivity contribution is 6.04. The molecule has 0 unspecified atom stereocenters. The molecule has 0 spiro atoms. The van der Waals surface area contributed by atoms with E-state index < -0.39 is 11.0 Å².